The second-order valence-electron chi connectivity index (χ2n) is 10.2. The third-order valence-corrected chi connectivity index (χ3v) is 7.97. The van der Waals surface area contributed by atoms with Crippen molar-refractivity contribution in [3.8, 4) is 0 Å². The number of nitrogens with zero attached hydrogens (tertiary/aromatic N) is 7. The molecule has 2 aromatic heterocycles. The lowest BCUT2D eigenvalue weighted by molar-refractivity contribution is -0.132. The number of hydrogen-bond donors (Lipinski definition) is 1. The Hall–Kier alpha value is -3.99. The number of hydrogen-bond acceptors (Lipinski definition) is 7. The maximum absolute atomic E-state index is 12.7. The van der Waals surface area contributed by atoms with Gasteiger partial charge >= 0.3 is 0 Å². The van der Waals surface area contributed by atoms with Gasteiger partial charge in [0, 0.05) is 88.9 Å². The molecule has 2 aliphatic rings. The lowest BCUT2D eigenvalue weighted by Gasteiger charge is -2.38. The average Bonchev–Trinajstić information content (AvgIpc) is 2.93. The van der Waals surface area contributed by atoms with E-state index in [0.717, 1.165) is 54.5 Å². The van der Waals surface area contributed by atoms with Crippen LogP contribution in [0, 0.1) is 5.92 Å². The summed E-state index contributed by atoms with van der Waals surface area (Å²) in [6, 6.07) is 11.5. The van der Waals surface area contributed by atoms with Gasteiger partial charge < -0.3 is 24.9 Å². The zero-order chi connectivity index (χ0) is 27.5. The van der Waals surface area contributed by atoms with Crippen LogP contribution in [0.1, 0.15) is 6.42 Å². The molecule has 11 heteroatoms. The van der Waals surface area contributed by atoms with Gasteiger partial charge in [0.25, 0.3) is 5.56 Å². The number of aryl methyl sites for hydroxylation is 1. The lowest BCUT2D eigenvalue weighted by Crippen LogP contribution is -2.51. The molecular formula is C28H34N8O2S. The van der Waals surface area contributed by atoms with Crippen LogP contribution in [0.4, 0.5) is 17.3 Å². The lowest BCUT2D eigenvalue weighted by atomic mass is 9.96. The van der Waals surface area contributed by atoms with Crippen molar-refractivity contribution in [3.05, 3.63) is 65.6 Å². The van der Waals surface area contributed by atoms with Crippen molar-refractivity contribution in [2.45, 2.75) is 13.0 Å². The molecule has 0 radical (unpaired) electrons. The maximum Gasteiger partial charge on any atom is 0.252 e. The van der Waals surface area contributed by atoms with E-state index in [2.05, 4.69) is 38.8 Å². The monoisotopic (exact) mass is 546 g/mol. The second kappa shape index (κ2) is 11.4. The maximum atomic E-state index is 12.7. The van der Waals surface area contributed by atoms with Crippen LogP contribution >= 0.6 is 12.2 Å². The predicted octanol–water partition coefficient (Wildman–Crippen LogP) is 2.54. The molecule has 39 heavy (non-hydrogen) atoms. The van der Waals surface area contributed by atoms with Crippen LogP contribution in [0.2, 0.25) is 0 Å². The van der Waals surface area contributed by atoms with Gasteiger partial charge in [0.2, 0.25) is 11.9 Å². The first-order chi connectivity index (χ1) is 18.8. The molecule has 0 spiro atoms. The number of anilines is 3. The van der Waals surface area contributed by atoms with Gasteiger partial charge in [0.05, 0.1) is 0 Å². The zero-order valence-corrected chi connectivity index (χ0v) is 23.2. The highest BCUT2D eigenvalue weighted by Gasteiger charge is 2.29. The van der Waals surface area contributed by atoms with Crippen molar-refractivity contribution >= 4 is 51.6 Å². The van der Waals surface area contributed by atoms with E-state index in [4.69, 9.17) is 17.2 Å². The first-order valence-electron chi connectivity index (χ1n) is 13.2. The van der Waals surface area contributed by atoms with Crippen molar-refractivity contribution in [3.63, 3.8) is 0 Å². The van der Waals surface area contributed by atoms with Gasteiger partial charge in [-0.3, -0.25) is 14.2 Å². The van der Waals surface area contributed by atoms with Crippen molar-refractivity contribution in [2.24, 2.45) is 5.92 Å². The van der Waals surface area contributed by atoms with E-state index >= 15 is 0 Å². The van der Waals surface area contributed by atoms with Crippen LogP contribution in [0.25, 0.3) is 11.0 Å². The Labute approximate surface area is 233 Å². The number of nitrogens with one attached hydrogen (secondary N) is 1. The van der Waals surface area contributed by atoms with E-state index in [1.54, 1.807) is 27.8 Å². The molecule has 0 bridgehead atoms. The molecule has 4 heterocycles. The minimum atomic E-state index is -0.0960. The highest BCUT2D eigenvalue weighted by molar-refractivity contribution is 7.80. The Morgan fingerprint density at radius 2 is 1.82 bits per heavy atom. The number of carbonyl (C=O) groups is 1. The van der Waals surface area contributed by atoms with E-state index in [1.165, 1.54) is 6.08 Å². The highest BCUT2D eigenvalue weighted by atomic mass is 32.1. The smallest absolute Gasteiger partial charge is 0.252 e. The van der Waals surface area contributed by atoms with Crippen molar-refractivity contribution in [2.75, 3.05) is 63.6 Å². The standard InChI is InChI=1S/C28H34N8O2S/c1-4-24(37)35-18-20(19-35)11-12-36-25(38)10-5-21-17-29-27(31-26(21)36)30-22-6-8-23(9-7-22)33-13-15-34(16-14-33)28(39)32(2)3/h4-10,17,20H,1,11-16,18-19H2,2-3H3,(H,29,30,31). The summed E-state index contributed by atoms with van der Waals surface area (Å²) in [6.07, 6.45) is 3.87. The number of carbonyl (C=O) groups excluding carboxylic acids is 1. The van der Waals surface area contributed by atoms with Crippen LogP contribution in [0.3, 0.4) is 0 Å². The van der Waals surface area contributed by atoms with E-state index < -0.39 is 0 Å². The molecular weight excluding hydrogens is 512 g/mol. The van der Waals surface area contributed by atoms with Crippen LogP contribution in [0.15, 0.2) is 60.0 Å². The minimum absolute atomic E-state index is 0.0442. The number of amides is 1. The van der Waals surface area contributed by atoms with Crippen LogP contribution in [-0.2, 0) is 11.3 Å². The first kappa shape index (κ1) is 26.6. The largest absolute Gasteiger partial charge is 0.368 e. The fourth-order valence-electron chi connectivity index (χ4n) is 5.04. The zero-order valence-electron chi connectivity index (χ0n) is 22.4. The van der Waals surface area contributed by atoms with Gasteiger partial charge in [-0.1, -0.05) is 6.58 Å². The molecule has 1 N–H and O–H groups in total. The van der Waals surface area contributed by atoms with E-state index in [-0.39, 0.29) is 11.5 Å². The van der Waals surface area contributed by atoms with Crippen LogP contribution < -0.4 is 15.8 Å². The number of pyridine rings is 1. The van der Waals surface area contributed by atoms with Gasteiger partial charge in [0.1, 0.15) is 5.65 Å². The number of benzene rings is 1. The molecule has 2 fully saturated rings. The Bertz CT molecular complexity index is 1420. The number of piperazine rings is 1. The summed E-state index contributed by atoms with van der Waals surface area (Å²) in [6.45, 7) is 9.09. The molecule has 0 saturated carbocycles. The molecule has 0 unspecified atom stereocenters. The fraction of sp³-hybridized carbons (Fsp3) is 0.393. The van der Waals surface area contributed by atoms with Crippen molar-refractivity contribution in [1.82, 2.24) is 29.2 Å². The quantitative estimate of drug-likeness (QED) is 0.355. The highest BCUT2D eigenvalue weighted by Crippen LogP contribution is 2.23. The van der Waals surface area contributed by atoms with E-state index in [1.807, 2.05) is 31.1 Å². The van der Waals surface area contributed by atoms with E-state index in [9.17, 15) is 9.59 Å². The third kappa shape index (κ3) is 5.88. The second-order valence-corrected chi connectivity index (χ2v) is 10.6. The molecule has 1 amide bonds. The SMILES string of the molecule is C=CC(=O)N1CC(CCn2c(=O)ccc3cnc(Nc4ccc(N5CCN(C(=S)N(C)C)CC5)cc4)nc32)C1. The number of fused-ring (bicyclic) bond motifs is 1. The molecule has 1 aromatic carbocycles. The van der Waals surface area contributed by atoms with Gasteiger partial charge in [0.15, 0.2) is 5.11 Å². The summed E-state index contributed by atoms with van der Waals surface area (Å²) in [5, 5.41) is 4.96. The van der Waals surface area contributed by atoms with Crippen molar-refractivity contribution in [1.29, 1.82) is 0 Å². The molecule has 0 atom stereocenters. The van der Waals surface area contributed by atoms with E-state index in [0.29, 0.717) is 37.1 Å². The Kier molecular flexibility index (Phi) is 7.78. The number of aromatic nitrogens is 3. The third-order valence-electron chi connectivity index (χ3n) is 7.35. The molecule has 3 aromatic rings. The van der Waals surface area contributed by atoms with Gasteiger partial charge in [-0.2, -0.15) is 4.98 Å². The normalized spacial score (nSPS) is 15.7. The Balaban J connectivity index is 1.23. The molecule has 10 nitrogen and oxygen atoms in total. The molecule has 2 saturated heterocycles. The molecule has 5 rings (SSSR count). The van der Waals surface area contributed by atoms with Gasteiger partial charge in [-0.05, 0) is 61.0 Å². The van der Waals surface area contributed by atoms with Gasteiger partial charge in [-0.15, -0.1) is 0 Å². The summed E-state index contributed by atoms with van der Waals surface area (Å²) in [5.41, 5.74) is 2.54. The molecule has 0 aliphatic carbocycles. The topological polar surface area (TPSA) is 89.8 Å². The summed E-state index contributed by atoms with van der Waals surface area (Å²) in [5.74, 6) is 0.755. The predicted molar refractivity (Wildman–Crippen MR) is 158 cm³/mol. The first-order valence-corrected chi connectivity index (χ1v) is 13.6. The Morgan fingerprint density at radius 1 is 1.10 bits per heavy atom. The van der Waals surface area contributed by atoms with Crippen LogP contribution in [0.5, 0.6) is 0 Å². The fourth-order valence-corrected chi connectivity index (χ4v) is 5.23. The summed E-state index contributed by atoms with van der Waals surface area (Å²) in [4.78, 5) is 41.9. The summed E-state index contributed by atoms with van der Waals surface area (Å²) in [7, 11) is 3.97. The summed E-state index contributed by atoms with van der Waals surface area (Å²) >= 11 is 5.51. The number of rotatable bonds is 7. The van der Waals surface area contributed by atoms with Gasteiger partial charge in [-0.25, -0.2) is 4.98 Å². The molecule has 2 aliphatic heterocycles. The van der Waals surface area contributed by atoms with Crippen LogP contribution in [-0.4, -0.2) is 93.6 Å². The average molecular weight is 547 g/mol. The number of likely N-dealkylation sites (tertiary alicyclic amines) is 1. The Morgan fingerprint density at radius 3 is 2.49 bits per heavy atom. The molecule has 204 valence electrons. The summed E-state index contributed by atoms with van der Waals surface area (Å²) < 4.78 is 1.70. The minimum Gasteiger partial charge on any atom is -0.368 e. The number of thiocarbonyl (C=S) groups is 1. The van der Waals surface area contributed by atoms with Crippen molar-refractivity contribution < 1.29 is 4.79 Å².